The maximum atomic E-state index is 12.3. The van der Waals surface area contributed by atoms with Crippen molar-refractivity contribution in [1.29, 1.82) is 0 Å². The van der Waals surface area contributed by atoms with Crippen LogP contribution in [0.5, 0.6) is 5.75 Å². The van der Waals surface area contributed by atoms with Gasteiger partial charge >= 0.3 is 7.12 Å². The van der Waals surface area contributed by atoms with E-state index in [1.54, 1.807) is 17.7 Å². The number of aryl methyl sites for hydroxylation is 2. The van der Waals surface area contributed by atoms with E-state index >= 15 is 0 Å². The highest BCUT2D eigenvalue weighted by Crippen LogP contribution is 2.37. The Balaban J connectivity index is 1.97. The summed E-state index contributed by atoms with van der Waals surface area (Å²) in [4.78, 5) is 16.7. The molecule has 3 rings (SSSR count). The molecule has 27 heavy (non-hydrogen) atoms. The van der Waals surface area contributed by atoms with Gasteiger partial charge in [0.25, 0.3) is 5.56 Å². The first-order chi connectivity index (χ1) is 12.5. The highest BCUT2D eigenvalue weighted by Gasteiger charge is 2.52. The Morgan fingerprint density at radius 3 is 2.30 bits per heavy atom. The number of nitrogens with zero attached hydrogens (tertiary/aromatic N) is 2. The standard InChI is InChI=1S/C20H27BN2O4/c1-13-10-18(24)23(14(2)22-13)12-15-8-9-17(25-7)16(11-15)21-26-19(3,4)20(5,6)27-21/h8-11H,12H2,1-7H3. The average Bonchev–Trinajstić information content (AvgIpc) is 2.78. The SMILES string of the molecule is COc1ccc(Cn2c(C)nc(C)cc2=O)cc1B1OC(C)(C)C(C)(C)O1. The van der Waals surface area contributed by atoms with Crippen LogP contribution >= 0.6 is 0 Å². The molecule has 0 unspecified atom stereocenters. The van der Waals surface area contributed by atoms with E-state index in [4.69, 9.17) is 14.0 Å². The first-order valence-electron chi connectivity index (χ1n) is 9.11. The molecule has 7 heteroatoms. The lowest BCUT2D eigenvalue weighted by Crippen LogP contribution is -2.41. The molecule has 1 saturated heterocycles. The monoisotopic (exact) mass is 370 g/mol. The normalized spacial score (nSPS) is 18.0. The molecule has 2 heterocycles. The molecule has 0 atom stereocenters. The summed E-state index contributed by atoms with van der Waals surface area (Å²) in [6.45, 7) is 12.2. The van der Waals surface area contributed by atoms with E-state index in [9.17, 15) is 4.79 Å². The lowest BCUT2D eigenvalue weighted by Gasteiger charge is -2.32. The zero-order valence-electron chi connectivity index (χ0n) is 17.1. The molecule has 2 aromatic rings. The lowest BCUT2D eigenvalue weighted by molar-refractivity contribution is 0.00578. The summed E-state index contributed by atoms with van der Waals surface area (Å²) >= 11 is 0. The molecule has 1 aromatic carbocycles. The summed E-state index contributed by atoms with van der Waals surface area (Å²) < 4.78 is 19.5. The molecule has 144 valence electrons. The molecule has 6 nitrogen and oxygen atoms in total. The molecule has 1 fully saturated rings. The topological polar surface area (TPSA) is 62.6 Å². The zero-order valence-corrected chi connectivity index (χ0v) is 17.1. The molecule has 1 aliphatic heterocycles. The van der Waals surface area contributed by atoms with Crippen LogP contribution < -0.4 is 15.8 Å². The van der Waals surface area contributed by atoms with Gasteiger partial charge < -0.3 is 14.0 Å². The largest absolute Gasteiger partial charge is 0.498 e. The van der Waals surface area contributed by atoms with Gasteiger partial charge in [-0.3, -0.25) is 9.36 Å². The summed E-state index contributed by atoms with van der Waals surface area (Å²) in [6.07, 6.45) is 0. The number of hydrogen-bond donors (Lipinski definition) is 0. The number of benzene rings is 1. The second-order valence-corrected chi connectivity index (χ2v) is 8.03. The van der Waals surface area contributed by atoms with Crippen LogP contribution in [0.3, 0.4) is 0 Å². The Morgan fingerprint density at radius 2 is 1.74 bits per heavy atom. The van der Waals surface area contributed by atoms with Crippen molar-refractivity contribution in [2.75, 3.05) is 7.11 Å². The van der Waals surface area contributed by atoms with Crippen LogP contribution in [0, 0.1) is 13.8 Å². The van der Waals surface area contributed by atoms with Crippen molar-refractivity contribution in [3.8, 4) is 5.75 Å². The zero-order chi connectivity index (χ0) is 20.0. The van der Waals surface area contributed by atoms with Crippen LogP contribution in [0.4, 0.5) is 0 Å². The molecule has 1 aromatic heterocycles. The minimum atomic E-state index is -0.529. The molecule has 0 saturated carbocycles. The summed E-state index contributed by atoms with van der Waals surface area (Å²) in [6, 6.07) is 7.36. The number of methoxy groups -OCH3 is 1. The third-order valence-corrected chi connectivity index (χ3v) is 5.47. The Kier molecular flexibility index (Phi) is 4.95. The van der Waals surface area contributed by atoms with Gasteiger partial charge in [0.1, 0.15) is 11.6 Å². The van der Waals surface area contributed by atoms with Crippen molar-refractivity contribution >= 4 is 12.6 Å². The summed E-state index contributed by atoms with van der Waals surface area (Å²) in [7, 11) is 1.10. The molecule has 0 bridgehead atoms. The molecule has 1 aliphatic rings. The Hall–Kier alpha value is -2.12. The molecular weight excluding hydrogens is 343 g/mol. The van der Waals surface area contributed by atoms with Gasteiger partial charge in [-0.05, 0) is 53.2 Å². The molecule has 0 radical (unpaired) electrons. The molecule has 0 amide bonds. The smallest absolute Gasteiger partial charge is 0.497 e. The fourth-order valence-corrected chi connectivity index (χ4v) is 3.18. The fraction of sp³-hybridized carbons (Fsp3) is 0.500. The van der Waals surface area contributed by atoms with Crippen LogP contribution in [0.1, 0.15) is 44.8 Å². The van der Waals surface area contributed by atoms with Crippen LogP contribution in [0.15, 0.2) is 29.1 Å². The predicted molar refractivity (Wildman–Crippen MR) is 106 cm³/mol. The fourth-order valence-electron chi connectivity index (χ4n) is 3.18. The number of rotatable bonds is 4. The number of hydrogen-bond acceptors (Lipinski definition) is 5. The highest BCUT2D eigenvalue weighted by molar-refractivity contribution is 6.63. The summed E-state index contributed by atoms with van der Waals surface area (Å²) in [5, 5.41) is 0. The van der Waals surface area contributed by atoms with Gasteiger partial charge in [-0.1, -0.05) is 12.1 Å². The van der Waals surface area contributed by atoms with Crippen molar-refractivity contribution in [1.82, 2.24) is 9.55 Å². The second-order valence-electron chi connectivity index (χ2n) is 8.03. The van der Waals surface area contributed by atoms with E-state index in [-0.39, 0.29) is 5.56 Å². The van der Waals surface area contributed by atoms with Crippen LogP contribution in [0.2, 0.25) is 0 Å². The van der Waals surface area contributed by atoms with E-state index in [1.807, 2.05) is 59.7 Å². The third kappa shape index (κ3) is 3.66. The van der Waals surface area contributed by atoms with E-state index in [1.165, 1.54) is 0 Å². The van der Waals surface area contributed by atoms with Crippen LogP contribution in [0.25, 0.3) is 0 Å². The Bertz CT molecular complexity index is 905. The summed E-state index contributed by atoms with van der Waals surface area (Å²) in [5.74, 6) is 1.39. The Labute approximate surface area is 160 Å². The van der Waals surface area contributed by atoms with E-state index in [2.05, 4.69) is 4.98 Å². The van der Waals surface area contributed by atoms with E-state index < -0.39 is 18.3 Å². The van der Waals surface area contributed by atoms with Crippen molar-refractivity contribution < 1.29 is 14.0 Å². The van der Waals surface area contributed by atoms with Gasteiger partial charge in [-0.2, -0.15) is 0 Å². The quantitative estimate of drug-likeness (QED) is 0.773. The third-order valence-electron chi connectivity index (χ3n) is 5.47. The van der Waals surface area contributed by atoms with Gasteiger partial charge in [0.15, 0.2) is 0 Å². The average molecular weight is 370 g/mol. The number of ether oxygens (including phenoxy) is 1. The summed E-state index contributed by atoms with van der Waals surface area (Å²) in [5.41, 5.74) is 1.56. The predicted octanol–water partition coefficient (Wildman–Crippen LogP) is 2.22. The minimum absolute atomic E-state index is 0.0620. The van der Waals surface area contributed by atoms with Crippen LogP contribution in [-0.2, 0) is 15.9 Å². The molecular formula is C20H27BN2O4. The van der Waals surface area contributed by atoms with Gasteiger partial charge in [0, 0.05) is 17.2 Å². The van der Waals surface area contributed by atoms with Gasteiger partial charge in [0.2, 0.25) is 0 Å². The maximum absolute atomic E-state index is 12.3. The van der Waals surface area contributed by atoms with Gasteiger partial charge in [-0.25, -0.2) is 4.98 Å². The van der Waals surface area contributed by atoms with Crippen molar-refractivity contribution in [2.45, 2.75) is 59.3 Å². The number of aromatic nitrogens is 2. The van der Waals surface area contributed by atoms with Crippen molar-refractivity contribution in [2.24, 2.45) is 0 Å². The second kappa shape index (κ2) is 6.80. The van der Waals surface area contributed by atoms with Crippen molar-refractivity contribution in [3.05, 3.63) is 51.7 Å². The van der Waals surface area contributed by atoms with Gasteiger partial charge in [-0.15, -0.1) is 0 Å². The molecule has 0 N–H and O–H groups in total. The first kappa shape index (κ1) is 19.6. The highest BCUT2D eigenvalue weighted by atomic mass is 16.7. The Morgan fingerprint density at radius 1 is 1.11 bits per heavy atom. The van der Waals surface area contributed by atoms with Gasteiger partial charge in [0.05, 0.1) is 24.9 Å². The molecule has 0 spiro atoms. The minimum Gasteiger partial charge on any atom is -0.497 e. The van der Waals surface area contributed by atoms with Crippen LogP contribution in [-0.4, -0.2) is 35.0 Å². The lowest BCUT2D eigenvalue weighted by atomic mass is 9.77. The first-order valence-corrected chi connectivity index (χ1v) is 9.11. The maximum Gasteiger partial charge on any atom is 0.498 e. The molecule has 0 aliphatic carbocycles. The van der Waals surface area contributed by atoms with E-state index in [0.29, 0.717) is 18.1 Å². The van der Waals surface area contributed by atoms with Crippen molar-refractivity contribution in [3.63, 3.8) is 0 Å². The van der Waals surface area contributed by atoms with E-state index in [0.717, 1.165) is 16.7 Å².